The molecule has 1 saturated heterocycles. The number of H-pyrrole nitrogens is 1. The fourth-order valence-electron chi connectivity index (χ4n) is 1.94. The molecular weight excluding hydrogens is 176 g/mol. The first-order chi connectivity index (χ1) is 6.86. The van der Waals surface area contributed by atoms with Gasteiger partial charge < -0.3 is 10.3 Å². The maximum atomic E-state index is 11.7. The van der Waals surface area contributed by atoms with E-state index >= 15 is 0 Å². The Hall–Kier alpha value is -1.09. The average Bonchev–Trinajstić information content (AvgIpc) is 2.72. The third-order valence-electron chi connectivity index (χ3n) is 2.76. The summed E-state index contributed by atoms with van der Waals surface area (Å²) in [6.45, 7) is 1.06. The van der Waals surface area contributed by atoms with E-state index in [1.807, 2.05) is 6.07 Å². The van der Waals surface area contributed by atoms with Crippen molar-refractivity contribution >= 4 is 5.78 Å². The molecule has 0 amide bonds. The molecule has 76 valence electrons. The lowest BCUT2D eigenvalue weighted by Crippen LogP contribution is -2.35. The first-order valence-corrected chi connectivity index (χ1v) is 5.25. The lowest BCUT2D eigenvalue weighted by Gasteiger charge is -2.22. The summed E-state index contributed by atoms with van der Waals surface area (Å²) < 4.78 is 0. The smallest absolute Gasteiger partial charge is 0.165 e. The van der Waals surface area contributed by atoms with Crippen molar-refractivity contribution < 1.29 is 4.79 Å². The van der Waals surface area contributed by atoms with Crippen LogP contribution in [0.15, 0.2) is 18.5 Å². The number of nitrogens with one attached hydrogen (secondary N) is 2. The summed E-state index contributed by atoms with van der Waals surface area (Å²) in [6.07, 6.45) is 7.83. The van der Waals surface area contributed by atoms with E-state index in [0.29, 0.717) is 12.5 Å². The van der Waals surface area contributed by atoms with Crippen LogP contribution in [-0.2, 0) is 0 Å². The van der Waals surface area contributed by atoms with E-state index in [1.54, 1.807) is 12.4 Å². The first-order valence-electron chi connectivity index (χ1n) is 5.25. The third kappa shape index (κ3) is 2.23. The lowest BCUT2D eigenvalue weighted by molar-refractivity contribution is 0.0964. The Kier molecular flexibility index (Phi) is 2.99. The predicted octanol–water partition coefficient (Wildman–Crippen LogP) is 1.73. The van der Waals surface area contributed by atoms with Crippen LogP contribution in [-0.4, -0.2) is 23.4 Å². The zero-order chi connectivity index (χ0) is 9.80. The molecule has 1 aliphatic rings. The highest BCUT2D eigenvalue weighted by Crippen LogP contribution is 2.13. The van der Waals surface area contributed by atoms with Crippen LogP contribution < -0.4 is 5.32 Å². The molecule has 0 spiro atoms. The van der Waals surface area contributed by atoms with Crippen LogP contribution >= 0.6 is 0 Å². The van der Waals surface area contributed by atoms with Gasteiger partial charge in [0.15, 0.2) is 5.78 Å². The van der Waals surface area contributed by atoms with Crippen LogP contribution in [0.5, 0.6) is 0 Å². The fraction of sp³-hybridized carbons (Fsp3) is 0.545. The number of hydrogen-bond donors (Lipinski definition) is 2. The summed E-state index contributed by atoms with van der Waals surface area (Å²) in [7, 11) is 0. The zero-order valence-corrected chi connectivity index (χ0v) is 8.25. The standard InChI is InChI=1S/C11H16N2O/c14-11(9-4-6-12-8-9)7-10-3-1-2-5-13-10/h4,6,8,10,12-13H,1-3,5,7H2. The topological polar surface area (TPSA) is 44.9 Å². The molecule has 0 aromatic carbocycles. The molecule has 1 aliphatic heterocycles. The summed E-state index contributed by atoms with van der Waals surface area (Å²) in [6, 6.07) is 2.23. The second kappa shape index (κ2) is 4.42. The van der Waals surface area contributed by atoms with Gasteiger partial charge in [-0.1, -0.05) is 6.42 Å². The minimum absolute atomic E-state index is 0.241. The normalized spacial score (nSPS) is 22.1. The Bertz CT molecular complexity index is 286. The molecule has 0 radical (unpaired) electrons. The zero-order valence-electron chi connectivity index (χ0n) is 8.25. The maximum absolute atomic E-state index is 11.7. The van der Waals surface area contributed by atoms with Gasteiger partial charge in [-0.05, 0) is 25.5 Å². The van der Waals surface area contributed by atoms with E-state index in [9.17, 15) is 4.79 Å². The van der Waals surface area contributed by atoms with Crippen LogP contribution in [0.4, 0.5) is 0 Å². The molecule has 2 rings (SSSR count). The molecule has 1 unspecified atom stereocenters. The molecular formula is C11H16N2O. The Balaban J connectivity index is 1.87. The van der Waals surface area contributed by atoms with Gasteiger partial charge in [-0.15, -0.1) is 0 Å². The number of rotatable bonds is 3. The molecule has 2 heterocycles. The molecule has 0 aliphatic carbocycles. The van der Waals surface area contributed by atoms with Gasteiger partial charge in [0.05, 0.1) is 0 Å². The van der Waals surface area contributed by atoms with Crippen molar-refractivity contribution in [3.8, 4) is 0 Å². The molecule has 1 aromatic rings. The van der Waals surface area contributed by atoms with Crippen molar-refractivity contribution in [3.05, 3.63) is 24.0 Å². The minimum atomic E-state index is 0.241. The SMILES string of the molecule is O=C(CC1CCCCN1)c1cc[nH]c1. The number of Topliss-reactive ketones (excluding diaryl/α,β-unsaturated/α-hetero) is 1. The molecule has 2 N–H and O–H groups in total. The Morgan fingerprint density at radius 1 is 1.50 bits per heavy atom. The number of aromatic amines is 1. The van der Waals surface area contributed by atoms with Crippen molar-refractivity contribution in [1.29, 1.82) is 0 Å². The van der Waals surface area contributed by atoms with E-state index in [0.717, 1.165) is 18.5 Å². The van der Waals surface area contributed by atoms with Gasteiger partial charge >= 0.3 is 0 Å². The summed E-state index contributed by atoms with van der Waals surface area (Å²) >= 11 is 0. The van der Waals surface area contributed by atoms with E-state index in [1.165, 1.54) is 12.8 Å². The lowest BCUT2D eigenvalue weighted by atomic mass is 9.98. The highest BCUT2D eigenvalue weighted by atomic mass is 16.1. The van der Waals surface area contributed by atoms with Gasteiger partial charge in [0.1, 0.15) is 0 Å². The Morgan fingerprint density at radius 3 is 3.07 bits per heavy atom. The largest absolute Gasteiger partial charge is 0.367 e. The van der Waals surface area contributed by atoms with Crippen LogP contribution in [0, 0.1) is 0 Å². The molecule has 3 nitrogen and oxygen atoms in total. The van der Waals surface area contributed by atoms with E-state index in [2.05, 4.69) is 10.3 Å². The second-order valence-electron chi connectivity index (χ2n) is 3.87. The van der Waals surface area contributed by atoms with Crippen LogP contribution in [0.3, 0.4) is 0 Å². The van der Waals surface area contributed by atoms with Gasteiger partial charge in [0, 0.05) is 30.4 Å². The van der Waals surface area contributed by atoms with Gasteiger partial charge in [0.25, 0.3) is 0 Å². The molecule has 0 saturated carbocycles. The molecule has 1 atom stereocenters. The highest BCUT2D eigenvalue weighted by Gasteiger charge is 2.17. The fourth-order valence-corrected chi connectivity index (χ4v) is 1.94. The summed E-state index contributed by atoms with van der Waals surface area (Å²) in [4.78, 5) is 14.6. The summed E-state index contributed by atoms with van der Waals surface area (Å²) in [5.41, 5.74) is 0.803. The predicted molar refractivity (Wildman–Crippen MR) is 55.4 cm³/mol. The van der Waals surface area contributed by atoms with Gasteiger partial charge in [0.2, 0.25) is 0 Å². The minimum Gasteiger partial charge on any atom is -0.367 e. The molecule has 1 fully saturated rings. The number of aromatic nitrogens is 1. The highest BCUT2D eigenvalue weighted by molar-refractivity contribution is 5.96. The van der Waals surface area contributed by atoms with Gasteiger partial charge in [-0.25, -0.2) is 0 Å². The Labute approximate surface area is 83.9 Å². The van der Waals surface area contributed by atoms with Gasteiger partial charge in [-0.2, -0.15) is 0 Å². The van der Waals surface area contributed by atoms with Gasteiger partial charge in [-0.3, -0.25) is 4.79 Å². The van der Waals surface area contributed by atoms with Crippen molar-refractivity contribution in [1.82, 2.24) is 10.3 Å². The van der Waals surface area contributed by atoms with Crippen LogP contribution in [0.25, 0.3) is 0 Å². The van der Waals surface area contributed by atoms with E-state index < -0.39 is 0 Å². The maximum Gasteiger partial charge on any atom is 0.165 e. The monoisotopic (exact) mass is 192 g/mol. The number of hydrogen-bond acceptors (Lipinski definition) is 2. The molecule has 0 bridgehead atoms. The van der Waals surface area contributed by atoms with Crippen molar-refractivity contribution in [3.63, 3.8) is 0 Å². The van der Waals surface area contributed by atoms with Crippen LogP contribution in [0.1, 0.15) is 36.0 Å². The van der Waals surface area contributed by atoms with Crippen molar-refractivity contribution in [2.45, 2.75) is 31.7 Å². The number of piperidine rings is 1. The van der Waals surface area contributed by atoms with Crippen molar-refractivity contribution in [2.24, 2.45) is 0 Å². The first kappa shape index (κ1) is 9.46. The summed E-state index contributed by atoms with van der Waals surface area (Å²) in [5, 5.41) is 3.38. The van der Waals surface area contributed by atoms with E-state index in [4.69, 9.17) is 0 Å². The number of carbonyl (C=O) groups is 1. The second-order valence-corrected chi connectivity index (χ2v) is 3.87. The Morgan fingerprint density at radius 2 is 2.43 bits per heavy atom. The molecule has 3 heteroatoms. The number of carbonyl (C=O) groups excluding carboxylic acids is 1. The molecule has 1 aromatic heterocycles. The summed E-state index contributed by atoms with van der Waals surface area (Å²) in [5.74, 6) is 0.241. The average molecular weight is 192 g/mol. The number of ketones is 1. The third-order valence-corrected chi connectivity index (χ3v) is 2.76. The molecule has 14 heavy (non-hydrogen) atoms. The van der Waals surface area contributed by atoms with Crippen molar-refractivity contribution in [2.75, 3.05) is 6.54 Å². The van der Waals surface area contributed by atoms with Crippen LogP contribution in [0.2, 0.25) is 0 Å². The quantitative estimate of drug-likeness (QED) is 0.716. The van der Waals surface area contributed by atoms with E-state index in [-0.39, 0.29) is 5.78 Å².